The van der Waals surface area contributed by atoms with Crippen LogP contribution in [0.4, 0.5) is 0 Å². The highest BCUT2D eigenvalue weighted by atomic mass is 35.5. The Bertz CT molecular complexity index is 566. The van der Waals surface area contributed by atoms with Gasteiger partial charge in [-0.05, 0) is 44.0 Å². The Morgan fingerprint density at radius 3 is 2.64 bits per heavy atom. The number of nitrogens with zero attached hydrogens (tertiary/aromatic N) is 1. The van der Waals surface area contributed by atoms with Crippen molar-refractivity contribution in [2.75, 3.05) is 14.2 Å². The van der Waals surface area contributed by atoms with Crippen LogP contribution in [0, 0.1) is 5.92 Å². The summed E-state index contributed by atoms with van der Waals surface area (Å²) in [6.45, 7) is 0. The first kappa shape index (κ1) is 17.9. The van der Waals surface area contributed by atoms with Crippen LogP contribution in [0.2, 0.25) is 10.0 Å². The van der Waals surface area contributed by atoms with E-state index in [-0.39, 0.29) is 36.3 Å². The Hall–Kier alpha value is -0.480. The first-order valence-electron chi connectivity index (χ1n) is 7.27. The first-order chi connectivity index (χ1) is 10.0. The van der Waals surface area contributed by atoms with E-state index >= 15 is 0 Å². The minimum absolute atomic E-state index is 0. The molecule has 2 unspecified atom stereocenters. The third-order valence-corrected chi connectivity index (χ3v) is 5.85. The van der Waals surface area contributed by atoms with Gasteiger partial charge in [-0.25, -0.2) is 0 Å². The molecule has 2 fully saturated rings. The number of carbonyl (C=O) groups is 1. The van der Waals surface area contributed by atoms with Crippen LogP contribution in [-0.4, -0.2) is 37.1 Å². The summed E-state index contributed by atoms with van der Waals surface area (Å²) >= 11 is 12.2. The number of halogens is 3. The third kappa shape index (κ3) is 2.96. The van der Waals surface area contributed by atoms with Crippen molar-refractivity contribution in [1.82, 2.24) is 4.90 Å². The van der Waals surface area contributed by atoms with Crippen LogP contribution in [0.25, 0.3) is 0 Å². The highest BCUT2D eigenvalue weighted by Crippen LogP contribution is 2.47. The van der Waals surface area contributed by atoms with Gasteiger partial charge in [0.15, 0.2) is 0 Å². The van der Waals surface area contributed by atoms with Crippen molar-refractivity contribution in [3.8, 4) is 0 Å². The summed E-state index contributed by atoms with van der Waals surface area (Å²) < 4.78 is 5.07. The van der Waals surface area contributed by atoms with Crippen molar-refractivity contribution in [2.45, 2.75) is 37.3 Å². The second kappa shape index (κ2) is 6.96. The van der Waals surface area contributed by atoms with Gasteiger partial charge in [0.25, 0.3) is 0 Å². The van der Waals surface area contributed by atoms with Gasteiger partial charge in [-0.15, -0.1) is 12.4 Å². The summed E-state index contributed by atoms with van der Waals surface area (Å²) in [6.07, 6.45) is 3.16. The Balaban J connectivity index is 0.00000176. The van der Waals surface area contributed by atoms with E-state index in [1.54, 1.807) is 0 Å². The van der Waals surface area contributed by atoms with Crippen molar-refractivity contribution in [1.29, 1.82) is 0 Å². The van der Waals surface area contributed by atoms with E-state index in [2.05, 4.69) is 11.9 Å². The Kier molecular flexibility index (Phi) is 5.65. The van der Waals surface area contributed by atoms with Gasteiger partial charge in [0.1, 0.15) is 0 Å². The van der Waals surface area contributed by atoms with Gasteiger partial charge in [0.2, 0.25) is 0 Å². The molecule has 0 N–H and O–H groups in total. The SMILES string of the molecule is COC(=O)[C@@H]1C2CCC(C[C@@H]1c1ccc(Cl)c(Cl)c1)N2C.Cl. The van der Waals surface area contributed by atoms with E-state index in [1.807, 2.05) is 18.2 Å². The molecule has 2 aliphatic heterocycles. The molecule has 2 heterocycles. The van der Waals surface area contributed by atoms with E-state index in [4.69, 9.17) is 27.9 Å². The summed E-state index contributed by atoms with van der Waals surface area (Å²) in [4.78, 5) is 14.7. The molecule has 2 saturated heterocycles. The number of ether oxygens (including phenoxy) is 1. The number of carbonyl (C=O) groups excluding carboxylic acids is 1. The lowest BCUT2D eigenvalue weighted by Gasteiger charge is -2.41. The van der Waals surface area contributed by atoms with Crippen LogP contribution in [0.15, 0.2) is 18.2 Å². The van der Waals surface area contributed by atoms with Gasteiger partial charge in [-0.1, -0.05) is 29.3 Å². The number of rotatable bonds is 2. The summed E-state index contributed by atoms with van der Waals surface area (Å²) in [7, 11) is 3.58. The van der Waals surface area contributed by atoms with E-state index in [0.29, 0.717) is 16.1 Å². The van der Waals surface area contributed by atoms with Crippen molar-refractivity contribution in [3.05, 3.63) is 33.8 Å². The largest absolute Gasteiger partial charge is 0.469 e. The number of fused-ring (bicyclic) bond motifs is 2. The first-order valence-corrected chi connectivity index (χ1v) is 8.03. The molecule has 2 bridgehead atoms. The number of piperidine rings is 1. The van der Waals surface area contributed by atoms with Crippen molar-refractivity contribution < 1.29 is 9.53 Å². The molecule has 3 rings (SSSR count). The summed E-state index contributed by atoms with van der Waals surface area (Å²) in [5.74, 6) is -0.0971. The summed E-state index contributed by atoms with van der Waals surface area (Å²) in [5.41, 5.74) is 1.09. The molecule has 3 nitrogen and oxygen atoms in total. The summed E-state index contributed by atoms with van der Waals surface area (Å²) in [6, 6.07) is 6.49. The zero-order valence-corrected chi connectivity index (χ0v) is 14.9. The van der Waals surface area contributed by atoms with Gasteiger partial charge < -0.3 is 4.74 Å². The van der Waals surface area contributed by atoms with E-state index in [9.17, 15) is 4.79 Å². The highest BCUT2D eigenvalue weighted by molar-refractivity contribution is 6.42. The van der Waals surface area contributed by atoms with Crippen molar-refractivity contribution in [2.24, 2.45) is 5.92 Å². The van der Waals surface area contributed by atoms with E-state index in [1.165, 1.54) is 7.11 Å². The lowest BCUT2D eigenvalue weighted by Crippen LogP contribution is -2.49. The lowest BCUT2D eigenvalue weighted by molar-refractivity contribution is -0.150. The predicted octanol–water partition coefficient (Wildman–Crippen LogP) is 4.15. The molecule has 0 aromatic heterocycles. The molecule has 22 heavy (non-hydrogen) atoms. The van der Waals surface area contributed by atoms with E-state index in [0.717, 1.165) is 24.8 Å². The van der Waals surface area contributed by atoms with Crippen LogP contribution in [0.1, 0.15) is 30.7 Å². The molecule has 4 atom stereocenters. The number of hydrogen-bond acceptors (Lipinski definition) is 3. The second-order valence-corrected chi connectivity index (χ2v) is 6.84. The Morgan fingerprint density at radius 2 is 2.00 bits per heavy atom. The summed E-state index contributed by atoms with van der Waals surface area (Å²) in [5, 5.41) is 1.09. The number of esters is 1. The maximum Gasteiger partial charge on any atom is 0.310 e. The minimum atomic E-state index is -0.129. The molecule has 0 amide bonds. The Morgan fingerprint density at radius 1 is 1.27 bits per heavy atom. The predicted molar refractivity (Wildman–Crippen MR) is 91.1 cm³/mol. The molecule has 1 aromatic carbocycles. The van der Waals surface area contributed by atoms with Crippen LogP contribution in [0.5, 0.6) is 0 Å². The molecular weight excluding hydrogens is 345 g/mol. The second-order valence-electron chi connectivity index (χ2n) is 6.03. The minimum Gasteiger partial charge on any atom is -0.469 e. The molecule has 0 spiro atoms. The quantitative estimate of drug-likeness (QED) is 0.738. The molecule has 122 valence electrons. The zero-order chi connectivity index (χ0) is 15.1. The fourth-order valence-corrected chi connectivity index (χ4v) is 4.32. The molecule has 2 aliphatic rings. The zero-order valence-electron chi connectivity index (χ0n) is 12.6. The smallest absolute Gasteiger partial charge is 0.310 e. The van der Waals surface area contributed by atoms with Gasteiger partial charge in [0, 0.05) is 18.0 Å². The molecule has 6 heteroatoms. The average molecular weight is 365 g/mol. The standard InChI is InChI=1S/C16H19Cl2NO2.ClH/c1-19-10-4-6-14(19)15(16(20)21-2)11(8-10)9-3-5-12(17)13(18)7-9;/h3,5,7,10-11,14-15H,4,6,8H2,1-2H3;1H/t10?,11-,14?,15+;/m1./s1. The van der Waals surface area contributed by atoms with Crippen molar-refractivity contribution >= 4 is 41.6 Å². The van der Waals surface area contributed by atoms with Crippen molar-refractivity contribution in [3.63, 3.8) is 0 Å². The van der Waals surface area contributed by atoms with E-state index < -0.39 is 0 Å². The molecular formula is C16H20Cl3NO2. The average Bonchev–Trinajstić information content (AvgIpc) is 2.72. The molecule has 0 aliphatic carbocycles. The van der Waals surface area contributed by atoms with Crippen LogP contribution in [0.3, 0.4) is 0 Å². The maximum atomic E-state index is 12.3. The number of benzene rings is 1. The lowest BCUT2D eigenvalue weighted by atomic mass is 9.76. The monoisotopic (exact) mass is 363 g/mol. The van der Waals surface area contributed by atoms with Gasteiger partial charge in [0.05, 0.1) is 23.1 Å². The van der Waals surface area contributed by atoms with Gasteiger partial charge in [-0.3, -0.25) is 9.69 Å². The fourth-order valence-electron chi connectivity index (χ4n) is 4.01. The molecule has 0 saturated carbocycles. The third-order valence-electron chi connectivity index (χ3n) is 5.11. The van der Waals surface area contributed by atoms with Crippen LogP contribution >= 0.6 is 35.6 Å². The highest BCUT2D eigenvalue weighted by Gasteiger charge is 2.49. The molecule has 1 aromatic rings. The number of methoxy groups -OCH3 is 1. The van der Waals surface area contributed by atoms with Gasteiger partial charge in [-0.2, -0.15) is 0 Å². The topological polar surface area (TPSA) is 29.5 Å². The van der Waals surface area contributed by atoms with Crippen LogP contribution in [-0.2, 0) is 9.53 Å². The Labute approximate surface area is 147 Å². The van der Waals surface area contributed by atoms with Gasteiger partial charge >= 0.3 is 5.97 Å². The maximum absolute atomic E-state index is 12.3. The number of hydrogen-bond donors (Lipinski definition) is 0. The fraction of sp³-hybridized carbons (Fsp3) is 0.562. The normalized spacial score (nSPS) is 30.7. The van der Waals surface area contributed by atoms with Crippen LogP contribution < -0.4 is 0 Å². The molecule has 0 radical (unpaired) electrons.